The number of H-pyrrole nitrogens is 1. The third-order valence-electron chi connectivity index (χ3n) is 9.32. The van der Waals surface area contributed by atoms with Crippen LogP contribution in [0.4, 0.5) is 0 Å². The number of aliphatic hydroxyl groups excluding tert-OH is 1. The summed E-state index contributed by atoms with van der Waals surface area (Å²) in [5.41, 5.74) is 5.15. The Bertz CT molecular complexity index is 1440. The number of aromatic hydroxyl groups is 1. The molecule has 1 aromatic heterocycles. The predicted molar refractivity (Wildman–Crippen MR) is 172 cm³/mol. The number of allylic oxidation sites excluding steroid dienone is 2. The normalized spacial score (nSPS) is 20.7. The second-order valence-corrected chi connectivity index (χ2v) is 12.5. The molecule has 3 heterocycles. The van der Waals surface area contributed by atoms with Gasteiger partial charge in [0, 0.05) is 60.3 Å². The molecule has 0 saturated carbocycles. The van der Waals surface area contributed by atoms with Crippen molar-refractivity contribution < 1.29 is 24.5 Å². The van der Waals surface area contributed by atoms with Crippen LogP contribution in [0.25, 0.3) is 0 Å². The Morgan fingerprint density at radius 1 is 1.09 bits per heavy atom. The lowest BCUT2D eigenvalue weighted by Crippen LogP contribution is -2.44. The second kappa shape index (κ2) is 14.3. The monoisotopic (exact) mass is 601 g/mol. The van der Waals surface area contributed by atoms with Crippen molar-refractivity contribution in [1.82, 2.24) is 15.6 Å². The maximum Gasteiger partial charge on any atom is 0.161 e. The molecule has 0 spiro atoms. The van der Waals surface area contributed by atoms with Crippen molar-refractivity contribution >= 4 is 11.6 Å². The molecule has 0 radical (unpaired) electrons. The van der Waals surface area contributed by atoms with E-state index in [1.165, 1.54) is 19.1 Å². The molecule has 5 N–H and O–H groups in total. The van der Waals surface area contributed by atoms with E-state index < -0.39 is 5.41 Å². The molecule has 5 rings (SSSR count). The van der Waals surface area contributed by atoms with Crippen LogP contribution in [-0.4, -0.2) is 53.6 Å². The molecule has 0 bridgehead atoms. The number of aromatic amines is 1. The van der Waals surface area contributed by atoms with E-state index in [1.54, 1.807) is 6.07 Å². The van der Waals surface area contributed by atoms with Crippen LogP contribution >= 0.6 is 0 Å². The van der Waals surface area contributed by atoms with E-state index in [2.05, 4.69) is 34.7 Å². The highest BCUT2D eigenvalue weighted by Gasteiger charge is 2.48. The zero-order valence-electron chi connectivity index (χ0n) is 26.1. The standard InChI is InChI=1S/C36H47N3O5/c1-3-4-5-6-7-10-27(41)20-28(42)12-11-24-18-30(34(43)31(19-24)44-2)33-29-14-17-39-35-32(29)25(13-16-38-35)21-36(33,23-40)22-26-9-8-15-37-26/h8-9,14-15,18-19,21,33,37-40,43H,3-7,10-13,16-17,20,22-23H2,1-2H3/t33-,36-/m0/s1. The SMILES string of the molecule is CCCCCCCC(=O)CC(=O)CCc1cc(OC)c(O)c([C@@H]2C3=CCNC4=C3C(=C[C@@]2(CO)Cc2ccc[nH]2)CCN4)c1. The lowest BCUT2D eigenvalue weighted by Gasteiger charge is -2.47. The third kappa shape index (κ3) is 6.80. The lowest BCUT2D eigenvalue weighted by molar-refractivity contribution is -0.127. The van der Waals surface area contributed by atoms with Crippen molar-refractivity contribution in [2.75, 3.05) is 26.8 Å². The number of phenolic OH excluding ortho intramolecular Hbond substituents is 1. The van der Waals surface area contributed by atoms with Crippen LogP contribution in [0.3, 0.4) is 0 Å². The van der Waals surface area contributed by atoms with Crippen molar-refractivity contribution in [3.8, 4) is 11.5 Å². The van der Waals surface area contributed by atoms with Crippen LogP contribution in [0.5, 0.6) is 11.5 Å². The molecule has 0 amide bonds. The summed E-state index contributed by atoms with van der Waals surface area (Å²) in [4.78, 5) is 28.6. The summed E-state index contributed by atoms with van der Waals surface area (Å²) in [5, 5.41) is 29.8. The average Bonchev–Trinajstić information content (AvgIpc) is 3.54. The highest BCUT2D eigenvalue weighted by Crippen LogP contribution is 2.57. The van der Waals surface area contributed by atoms with Gasteiger partial charge in [-0.3, -0.25) is 9.59 Å². The number of Topliss-reactive ketones (excluding diaryl/α,β-unsaturated/α-hetero) is 2. The highest BCUT2D eigenvalue weighted by atomic mass is 16.5. The summed E-state index contributed by atoms with van der Waals surface area (Å²) in [5.74, 6) is 0.936. The molecular formula is C36H47N3O5. The first-order chi connectivity index (χ1) is 21.4. The highest BCUT2D eigenvalue weighted by molar-refractivity contribution is 5.99. The number of hydrogen-bond acceptors (Lipinski definition) is 7. The number of ketones is 2. The average molecular weight is 602 g/mol. The van der Waals surface area contributed by atoms with E-state index in [1.807, 2.05) is 24.4 Å². The predicted octanol–water partition coefficient (Wildman–Crippen LogP) is 5.53. The number of methoxy groups -OCH3 is 1. The Balaban J connectivity index is 1.44. The van der Waals surface area contributed by atoms with Crippen LogP contribution in [0, 0.1) is 5.41 Å². The van der Waals surface area contributed by atoms with Crippen molar-refractivity contribution in [2.45, 2.75) is 83.5 Å². The van der Waals surface area contributed by atoms with E-state index in [0.717, 1.165) is 66.9 Å². The van der Waals surface area contributed by atoms with E-state index in [0.29, 0.717) is 37.1 Å². The molecule has 1 aliphatic carbocycles. The number of phenols is 1. The number of rotatable bonds is 16. The summed E-state index contributed by atoms with van der Waals surface area (Å²) < 4.78 is 5.65. The van der Waals surface area contributed by atoms with E-state index in [4.69, 9.17) is 4.74 Å². The summed E-state index contributed by atoms with van der Waals surface area (Å²) in [7, 11) is 1.53. The molecular weight excluding hydrogens is 554 g/mol. The van der Waals surface area contributed by atoms with Gasteiger partial charge in [0.2, 0.25) is 0 Å². The maximum atomic E-state index is 12.8. The number of nitrogens with one attached hydrogen (secondary N) is 3. The Kier molecular flexibility index (Phi) is 10.3. The maximum absolute atomic E-state index is 12.8. The zero-order chi connectivity index (χ0) is 31.1. The van der Waals surface area contributed by atoms with Gasteiger partial charge in [0.15, 0.2) is 11.5 Å². The molecule has 1 aromatic carbocycles. The second-order valence-electron chi connectivity index (χ2n) is 12.5. The first-order valence-electron chi connectivity index (χ1n) is 16.2. The van der Waals surface area contributed by atoms with Gasteiger partial charge in [0.25, 0.3) is 0 Å². The number of hydrogen-bond donors (Lipinski definition) is 5. The quantitative estimate of drug-likeness (QED) is 0.127. The minimum atomic E-state index is -0.726. The number of carbonyl (C=O) groups excluding carboxylic acids is 2. The smallest absolute Gasteiger partial charge is 0.161 e. The summed E-state index contributed by atoms with van der Waals surface area (Å²) in [6.45, 7) is 3.49. The number of dihydropyridines is 1. The molecule has 0 unspecified atom stereocenters. The fraction of sp³-hybridized carbons (Fsp3) is 0.500. The van der Waals surface area contributed by atoms with E-state index in [-0.39, 0.29) is 42.7 Å². The fourth-order valence-corrected chi connectivity index (χ4v) is 7.16. The Morgan fingerprint density at radius 2 is 1.91 bits per heavy atom. The fourth-order valence-electron chi connectivity index (χ4n) is 7.16. The van der Waals surface area contributed by atoms with Gasteiger partial charge in [-0.25, -0.2) is 0 Å². The van der Waals surface area contributed by atoms with Crippen molar-refractivity contribution in [1.29, 1.82) is 0 Å². The zero-order valence-corrected chi connectivity index (χ0v) is 26.1. The Morgan fingerprint density at radius 3 is 2.66 bits per heavy atom. The number of unbranched alkanes of at least 4 members (excludes halogenated alkanes) is 4. The van der Waals surface area contributed by atoms with Gasteiger partial charge in [-0.05, 0) is 60.6 Å². The van der Waals surface area contributed by atoms with Crippen LogP contribution in [-0.2, 0) is 22.4 Å². The molecule has 236 valence electrons. The van der Waals surface area contributed by atoms with Crippen molar-refractivity contribution in [3.63, 3.8) is 0 Å². The number of benzene rings is 1. The van der Waals surface area contributed by atoms with Gasteiger partial charge in [-0.15, -0.1) is 0 Å². The molecule has 2 aromatic rings. The molecule has 2 aliphatic heterocycles. The third-order valence-corrected chi connectivity index (χ3v) is 9.32. The summed E-state index contributed by atoms with van der Waals surface area (Å²) >= 11 is 0. The molecule has 8 heteroatoms. The molecule has 2 atom stereocenters. The van der Waals surface area contributed by atoms with Gasteiger partial charge >= 0.3 is 0 Å². The lowest BCUT2D eigenvalue weighted by atomic mass is 9.59. The first kappa shape index (κ1) is 31.6. The summed E-state index contributed by atoms with van der Waals surface area (Å²) in [6.07, 6.45) is 14.1. The number of ether oxygens (including phenoxy) is 1. The molecule has 3 aliphatic rings. The molecule has 0 fully saturated rings. The molecule has 8 nitrogen and oxygen atoms in total. The minimum absolute atomic E-state index is 0.0142. The molecule has 44 heavy (non-hydrogen) atoms. The Hall–Kier alpha value is -3.78. The van der Waals surface area contributed by atoms with Crippen LogP contribution < -0.4 is 15.4 Å². The Labute approximate surface area is 260 Å². The van der Waals surface area contributed by atoms with Gasteiger partial charge in [0.05, 0.1) is 20.1 Å². The largest absolute Gasteiger partial charge is 0.504 e. The minimum Gasteiger partial charge on any atom is -0.504 e. The first-order valence-corrected chi connectivity index (χ1v) is 16.2. The van der Waals surface area contributed by atoms with Crippen molar-refractivity contribution in [2.24, 2.45) is 5.41 Å². The van der Waals surface area contributed by atoms with Crippen molar-refractivity contribution in [3.05, 3.63) is 82.0 Å². The van der Waals surface area contributed by atoms with Gasteiger partial charge in [-0.1, -0.05) is 50.8 Å². The van der Waals surface area contributed by atoms with Crippen LogP contribution in [0.2, 0.25) is 0 Å². The molecule has 0 saturated heterocycles. The van der Waals surface area contributed by atoms with Gasteiger partial charge < -0.3 is 30.6 Å². The number of aryl methyl sites for hydroxylation is 1. The number of aliphatic hydroxyl groups is 1. The van der Waals surface area contributed by atoms with Gasteiger partial charge in [-0.2, -0.15) is 0 Å². The topological polar surface area (TPSA) is 124 Å². The summed E-state index contributed by atoms with van der Waals surface area (Å²) in [6, 6.07) is 7.72. The number of aromatic nitrogens is 1. The number of carbonyl (C=O) groups is 2. The van der Waals surface area contributed by atoms with Gasteiger partial charge in [0.1, 0.15) is 17.4 Å². The van der Waals surface area contributed by atoms with E-state index >= 15 is 0 Å². The van der Waals surface area contributed by atoms with Crippen LogP contribution in [0.15, 0.2) is 65.2 Å². The van der Waals surface area contributed by atoms with Crippen LogP contribution in [0.1, 0.15) is 87.4 Å². The van der Waals surface area contributed by atoms with E-state index in [9.17, 15) is 19.8 Å².